The average Bonchev–Trinajstić information content (AvgIpc) is 2.55. The Morgan fingerprint density at radius 2 is 2.21 bits per heavy atom. The molecule has 0 bridgehead atoms. The Morgan fingerprint density at radius 1 is 1.43 bits per heavy atom. The third kappa shape index (κ3) is 1.21. The molecule has 0 aliphatic carbocycles. The van der Waals surface area contributed by atoms with Gasteiger partial charge in [0.2, 0.25) is 0 Å². The van der Waals surface area contributed by atoms with Gasteiger partial charge in [-0.15, -0.1) is 0 Å². The number of aliphatic hydroxyl groups is 1. The van der Waals surface area contributed by atoms with E-state index >= 15 is 0 Å². The smallest absolute Gasteiger partial charge is 0.117 e. The average molecular weight is 193 g/mol. The maximum Gasteiger partial charge on any atom is 0.117 e. The van der Waals surface area contributed by atoms with Gasteiger partial charge < -0.3 is 10.1 Å². The topological polar surface area (TPSA) is 36.0 Å². The molecular weight excluding hydrogens is 181 g/mol. The number of H-pyrrole nitrogens is 1. The number of aromatic nitrogens is 1. The molecule has 0 atom stereocenters. The summed E-state index contributed by atoms with van der Waals surface area (Å²) in [7, 11) is 0. The third-order valence-corrected chi connectivity index (χ3v) is 2.59. The molecule has 0 fully saturated rings. The number of aromatic amines is 1. The van der Waals surface area contributed by atoms with Crippen LogP contribution < -0.4 is 0 Å². The van der Waals surface area contributed by atoms with E-state index in [2.05, 4.69) is 4.98 Å². The lowest BCUT2D eigenvalue weighted by Gasteiger charge is -1.96. The van der Waals surface area contributed by atoms with Crippen molar-refractivity contribution in [2.45, 2.75) is 20.2 Å². The quantitative estimate of drug-likeness (QED) is 0.755. The minimum atomic E-state index is -0.484. The summed E-state index contributed by atoms with van der Waals surface area (Å²) >= 11 is 0. The van der Waals surface area contributed by atoms with Gasteiger partial charge >= 0.3 is 0 Å². The molecular formula is C11H12FNO. The minimum absolute atomic E-state index is 0.0355. The van der Waals surface area contributed by atoms with E-state index in [1.807, 2.05) is 19.1 Å². The Bertz CT molecular complexity index is 462. The maximum absolute atomic E-state index is 12.6. The number of para-hydroxylation sites is 1. The Balaban J connectivity index is 2.77. The van der Waals surface area contributed by atoms with Gasteiger partial charge in [-0.05, 0) is 12.5 Å². The molecule has 0 unspecified atom stereocenters. The second kappa shape index (κ2) is 3.42. The van der Waals surface area contributed by atoms with Crippen LogP contribution >= 0.6 is 0 Å². The zero-order valence-corrected chi connectivity index (χ0v) is 7.97. The molecule has 3 heteroatoms. The van der Waals surface area contributed by atoms with E-state index in [4.69, 9.17) is 5.11 Å². The molecule has 0 aliphatic heterocycles. The summed E-state index contributed by atoms with van der Waals surface area (Å²) < 4.78 is 12.6. The predicted molar refractivity (Wildman–Crippen MR) is 53.8 cm³/mol. The van der Waals surface area contributed by atoms with Crippen LogP contribution in [0, 0.1) is 6.92 Å². The highest BCUT2D eigenvalue weighted by atomic mass is 19.1. The molecule has 0 amide bonds. The number of hydrogen-bond donors (Lipinski definition) is 2. The number of hydrogen-bond acceptors (Lipinski definition) is 1. The van der Waals surface area contributed by atoms with Crippen molar-refractivity contribution in [1.29, 1.82) is 0 Å². The lowest BCUT2D eigenvalue weighted by Crippen LogP contribution is -1.84. The first-order valence-electron chi connectivity index (χ1n) is 4.53. The van der Waals surface area contributed by atoms with E-state index in [0.29, 0.717) is 5.56 Å². The van der Waals surface area contributed by atoms with E-state index in [1.54, 1.807) is 6.07 Å². The van der Waals surface area contributed by atoms with E-state index < -0.39 is 6.67 Å². The molecule has 2 aromatic rings. The van der Waals surface area contributed by atoms with Gasteiger partial charge in [0.25, 0.3) is 0 Å². The zero-order valence-electron chi connectivity index (χ0n) is 7.97. The lowest BCUT2D eigenvalue weighted by molar-refractivity contribution is 0.277. The lowest BCUT2D eigenvalue weighted by atomic mass is 10.1. The first-order chi connectivity index (χ1) is 6.77. The summed E-state index contributed by atoms with van der Waals surface area (Å²) in [5.74, 6) is 0. The highest BCUT2D eigenvalue weighted by molar-refractivity contribution is 5.87. The Morgan fingerprint density at radius 3 is 2.86 bits per heavy atom. The van der Waals surface area contributed by atoms with Gasteiger partial charge in [-0.3, -0.25) is 0 Å². The van der Waals surface area contributed by atoms with Crippen LogP contribution in [0.5, 0.6) is 0 Å². The van der Waals surface area contributed by atoms with Crippen molar-refractivity contribution in [2.75, 3.05) is 0 Å². The number of aryl methyl sites for hydroxylation is 1. The zero-order chi connectivity index (χ0) is 10.1. The number of alkyl halides is 1. The number of halogens is 1. The van der Waals surface area contributed by atoms with Crippen LogP contribution in [-0.2, 0) is 13.3 Å². The van der Waals surface area contributed by atoms with Crippen molar-refractivity contribution in [2.24, 2.45) is 0 Å². The van der Waals surface area contributed by atoms with E-state index in [9.17, 15) is 4.39 Å². The summed E-state index contributed by atoms with van der Waals surface area (Å²) in [5, 5.41) is 10.0. The van der Waals surface area contributed by atoms with Gasteiger partial charge in [0.15, 0.2) is 0 Å². The molecule has 0 spiro atoms. The van der Waals surface area contributed by atoms with Crippen molar-refractivity contribution in [3.63, 3.8) is 0 Å². The Kier molecular flexibility index (Phi) is 2.25. The standard InChI is InChI=1S/C11H12FNO/c1-7-9-4-2-3-8(5-12)11(9)13-10(7)6-14/h2-4,13-14H,5-6H2,1H3. The first kappa shape index (κ1) is 9.21. The molecule has 0 radical (unpaired) electrons. The number of benzene rings is 1. The summed E-state index contributed by atoms with van der Waals surface area (Å²) in [4.78, 5) is 3.04. The van der Waals surface area contributed by atoms with Gasteiger partial charge in [-0.25, -0.2) is 4.39 Å². The second-order valence-electron chi connectivity index (χ2n) is 3.36. The van der Waals surface area contributed by atoms with Crippen molar-refractivity contribution in [1.82, 2.24) is 4.98 Å². The van der Waals surface area contributed by atoms with Gasteiger partial charge in [0, 0.05) is 16.6 Å². The van der Waals surface area contributed by atoms with Gasteiger partial charge in [0.1, 0.15) is 6.67 Å². The van der Waals surface area contributed by atoms with Crippen LogP contribution in [-0.4, -0.2) is 10.1 Å². The summed E-state index contributed by atoms with van der Waals surface area (Å²) in [6, 6.07) is 5.51. The largest absolute Gasteiger partial charge is 0.390 e. The minimum Gasteiger partial charge on any atom is -0.390 e. The fourth-order valence-electron chi connectivity index (χ4n) is 1.74. The predicted octanol–water partition coefficient (Wildman–Crippen LogP) is 2.44. The molecule has 0 saturated heterocycles. The summed E-state index contributed by atoms with van der Waals surface area (Å²) in [5.41, 5.74) is 3.21. The van der Waals surface area contributed by atoms with Crippen molar-refractivity contribution in [3.05, 3.63) is 35.0 Å². The van der Waals surface area contributed by atoms with Crippen LogP contribution in [0.3, 0.4) is 0 Å². The number of aliphatic hydroxyl groups excluding tert-OH is 1. The monoisotopic (exact) mass is 193 g/mol. The SMILES string of the molecule is Cc1c(CO)[nH]c2c(CF)cccc12. The van der Waals surface area contributed by atoms with Crippen LogP contribution in [0.15, 0.2) is 18.2 Å². The molecule has 2 nitrogen and oxygen atoms in total. The van der Waals surface area contributed by atoms with Gasteiger partial charge in [-0.1, -0.05) is 18.2 Å². The van der Waals surface area contributed by atoms with Crippen molar-refractivity contribution < 1.29 is 9.50 Å². The summed E-state index contributed by atoms with van der Waals surface area (Å²) in [6.07, 6.45) is 0. The number of rotatable bonds is 2. The molecule has 1 aromatic carbocycles. The van der Waals surface area contributed by atoms with Crippen LogP contribution in [0.25, 0.3) is 10.9 Å². The maximum atomic E-state index is 12.6. The van der Waals surface area contributed by atoms with Crippen molar-refractivity contribution in [3.8, 4) is 0 Å². The molecule has 0 aliphatic rings. The first-order valence-corrected chi connectivity index (χ1v) is 4.53. The molecule has 2 rings (SSSR count). The molecule has 14 heavy (non-hydrogen) atoms. The third-order valence-electron chi connectivity index (χ3n) is 2.59. The normalized spacial score (nSPS) is 11.1. The fourth-order valence-corrected chi connectivity index (χ4v) is 1.74. The Labute approximate surface area is 81.4 Å². The molecule has 2 N–H and O–H groups in total. The van der Waals surface area contributed by atoms with E-state index in [-0.39, 0.29) is 6.61 Å². The molecule has 74 valence electrons. The highest BCUT2D eigenvalue weighted by Crippen LogP contribution is 2.25. The van der Waals surface area contributed by atoms with Gasteiger partial charge in [-0.2, -0.15) is 0 Å². The Hall–Kier alpha value is -1.35. The van der Waals surface area contributed by atoms with Crippen LogP contribution in [0.1, 0.15) is 16.8 Å². The summed E-state index contributed by atoms with van der Waals surface area (Å²) in [6.45, 7) is 1.40. The van der Waals surface area contributed by atoms with Crippen LogP contribution in [0.4, 0.5) is 4.39 Å². The highest BCUT2D eigenvalue weighted by Gasteiger charge is 2.09. The molecule has 1 heterocycles. The fraction of sp³-hybridized carbons (Fsp3) is 0.273. The number of fused-ring (bicyclic) bond motifs is 1. The number of nitrogens with one attached hydrogen (secondary N) is 1. The second-order valence-corrected chi connectivity index (χ2v) is 3.36. The van der Waals surface area contributed by atoms with Crippen molar-refractivity contribution >= 4 is 10.9 Å². The van der Waals surface area contributed by atoms with E-state index in [1.165, 1.54) is 0 Å². The van der Waals surface area contributed by atoms with Gasteiger partial charge in [0.05, 0.1) is 12.1 Å². The van der Waals surface area contributed by atoms with E-state index in [0.717, 1.165) is 22.2 Å². The van der Waals surface area contributed by atoms with Crippen LogP contribution in [0.2, 0.25) is 0 Å². The molecule has 1 aromatic heterocycles. The molecule has 0 saturated carbocycles.